The second-order valence-corrected chi connectivity index (χ2v) is 3.86. The SMILES string of the molecule is CC(C)NCc1ccc([N+](=O)[O-])cc1[N+](=O)[O-]. The molecule has 1 rings (SSSR count). The van der Waals surface area contributed by atoms with E-state index in [0.29, 0.717) is 12.1 Å². The van der Waals surface area contributed by atoms with Gasteiger partial charge in [0.1, 0.15) is 0 Å². The lowest BCUT2D eigenvalue weighted by molar-refractivity contribution is -0.394. The third-order valence-corrected chi connectivity index (χ3v) is 2.18. The van der Waals surface area contributed by atoms with Gasteiger partial charge in [0.2, 0.25) is 0 Å². The van der Waals surface area contributed by atoms with Gasteiger partial charge in [-0.1, -0.05) is 13.8 Å². The van der Waals surface area contributed by atoms with Crippen molar-refractivity contribution in [3.63, 3.8) is 0 Å². The number of nitro groups is 2. The Kier molecular flexibility index (Phi) is 4.11. The van der Waals surface area contributed by atoms with Crippen molar-refractivity contribution in [2.45, 2.75) is 26.4 Å². The molecule has 7 nitrogen and oxygen atoms in total. The summed E-state index contributed by atoms with van der Waals surface area (Å²) in [7, 11) is 0. The Morgan fingerprint density at radius 2 is 1.88 bits per heavy atom. The van der Waals surface area contributed by atoms with Crippen molar-refractivity contribution >= 4 is 11.4 Å². The highest BCUT2D eigenvalue weighted by Gasteiger charge is 2.18. The molecule has 0 radical (unpaired) electrons. The molecule has 17 heavy (non-hydrogen) atoms. The summed E-state index contributed by atoms with van der Waals surface area (Å²) in [6.07, 6.45) is 0. The number of nitrogens with zero attached hydrogens (tertiary/aromatic N) is 2. The van der Waals surface area contributed by atoms with Crippen LogP contribution in [0.4, 0.5) is 11.4 Å². The first-order valence-corrected chi connectivity index (χ1v) is 5.07. The Hall–Kier alpha value is -2.02. The number of rotatable bonds is 5. The van der Waals surface area contributed by atoms with Crippen LogP contribution >= 0.6 is 0 Å². The number of nitro benzene ring substituents is 2. The average Bonchev–Trinajstić information content (AvgIpc) is 2.25. The van der Waals surface area contributed by atoms with E-state index in [1.165, 1.54) is 12.1 Å². The highest BCUT2D eigenvalue weighted by molar-refractivity contribution is 5.49. The van der Waals surface area contributed by atoms with Gasteiger partial charge in [-0.25, -0.2) is 0 Å². The molecule has 7 heteroatoms. The molecule has 0 unspecified atom stereocenters. The van der Waals surface area contributed by atoms with Crippen molar-refractivity contribution in [3.05, 3.63) is 44.0 Å². The van der Waals surface area contributed by atoms with E-state index >= 15 is 0 Å². The number of hydrogen-bond donors (Lipinski definition) is 1. The molecule has 1 N–H and O–H groups in total. The molecule has 92 valence electrons. The van der Waals surface area contributed by atoms with Crippen LogP contribution in [0, 0.1) is 20.2 Å². The minimum absolute atomic E-state index is 0.185. The Bertz CT molecular complexity index is 445. The van der Waals surface area contributed by atoms with Crippen LogP contribution < -0.4 is 5.32 Å². The molecule has 0 aliphatic heterocycles. The van der Waals surface area contributed by atoms with Gasteiger partial charge >= 0.3 is 0 Å². The third kappa shape index (κ3) is 3.49. The van der Waals surface area contributed by atoms with E-state index in [9.17, 15) is 20.2 Å². The van der Waals surface area contributed by atoms with Gasteiger partial charge in [0.15, 0.2) is 0 Å². The number of nitrogens with one attached hydrogen (secondary N) is 1. The van der Waals surface area contributed by atoms with Gasteiger partial charge in [0.05, 0.1) is 15.9 Å². The first-order chi connectivity index (χ1) is 7.91. The van der Waals surface area contributed by atoms with Crippen molar-refractivity contribution in [2.75, 3.05) is 0 Å². The van der Waals surface area contributed by atoms with E-state index < -0.39 is 9.85 Å². The fraction of sp³-hybridized carbons (Fsp3) is 0.400. The Morgan fingerprint density at radius 3 is 2.35 bits per heavy atom. The summed E-state index contributed by atoms with van der Waals surface area (Å²) in [5, 5.41) is 24.3. The monoisotopic (exact) mass is 239 g/mol. The molecule has 0 saturated heterocycles. The summed E-state index contributed by atoms with van der Waals surface area (Å²) >= 11 is 0. The van der Waals surface area contributed by atoms with Crippen LogP contribution in [0.5, 0.6) is 0 Å². The average molecular weight is 239 g/mol. The maximum atomic E-state index is 10.8. The molecule has 1 aromatic rings. The normalized spacial score (nSPS) is 10.5. The van der Waals surface area contributed by atoms with Crippen molar-refractivity contribution < 1.29 is 9.85 Å². The predicted molar refractivity (Wildman–Crippen MR) is 61.7 cm³/mol. The van der Waals surface area contributed by atoms with Crippen LogP contribution in [0.2, 0.25) is 0 Å². The van der Waals surface area contributed by atoms with Gasteiger partial charge in [-0.15, -0.1) is 0 Å². The van der Waals surface area contributed by atoms with Crippen LogP contribution in [-0.4, -0.2) is 15.9 Å². The van der Waals surface area contributed by atoms with Crippen LogP contribution in [0.15, 0.2) is 18.2 Å². The Balaban J connectivity index is 3.04. The van der Waals surface area contributed by atoms with Crippen LogP contribution in [-0.2, 0) is 6.54 Å². The molecule has 0 spiro atoms. The highest BCUT2D eigenvalue weighted by Crippen LogP contribution is 2.24. The molecule has 1 aromatic carbocycles. The molecular weight excluding hydrogens is 226 g/mol. The lowest BCUT2D eigenvalue weighted by Crippen LogP contribution is -2.22. The van der Waals surface area contributed by atoms with E-state index in [2.05, 4.69) is 5.32 Å². The molecule has 0 saturated carbocycles. The van der Waals surface area contributed by atoms with E-state index in [4.69, 9.17) is 0 Å². The maximum Gasteiger partial charge on any atom is 0.280 e. The largest absolute Gasteiger partial charge is 0.310 e. The molecule has 0 heterocycles. The highest BCUT2D eigenvalue weighted by atomic mass is 16.6. The summed E-state index contributed by atoms with van der Waals surface area (Å²) in [5.74, 6) is 0. The number of non-ortho nitro benzene ring substituents is 1. The number of benzene rings is 1. The molecule has 0 amide bonds. The first-order valence-electron chi connectivity index (χ1n) is 5.07. The van der Waals surface area contributed by atoms with E-state index in [1.54, 1.807) is 0 Å². The van der Waals surface area contributed by atoms with Crippen LogP contribution in [0.3, 0.4) is 0 Å². The zero-order chi connectivity index (χ0) is 13.0. The van der Waals surface area contributed by atoms with Gasteiger partial charge in [-0.05, 0) is 6.07 Å². The fourth-order valence-corrected chi connectivity index (χ4v) is 1.30. The second-order valence-electron chi connectivity index (χ2n) is 3.86. The summed E-state index contributed by atoms with van der Waals surface area (Å²) in [6, 6.07) is 3.85. The van der Waals surface area contributed by atoms with Gasteiger partial charge in [0.25, 0.3) is 11.4 Å². The van der Waals surface area contributed by atoms with Gasteiger partial charge < -0.3 is 5.32 Å². The molecule has 0 aromatic heterocycles. The maximum absolute atomic E-state index is 10.8. The molecular formula is C10H13N3O4. The van der Waals surface area contributed by atoms with E-state index in [0.717, 1.165) is 6.07 Å². The van der Waals surface area contributed by atoms with Crippen LogP contribution in [0.25, 0.3) is 0 Å². The zero-order valence-corrected chi connectivity index (χ0v) is 9.54. The van der Waals surface area contributed by atoms with Gasteiger partial charge in [0, 0.05) is 24.2 Å². The van der Waals surface area contributed by atoms with Crippen LogP contribution in [0.1, 0.15) is 19.4 Å². The summed E-state index contributed by atoms with van der Waals surface area (Å²) in [5.41, 5.74) is -0.0633. The van der Waals surface area contributed by atoms with Crippen molar-refractivity contribution in [2.24, 2.45) is 0 Å². The Morgan fingerprint density at radius 1 is 1.24 bits per heavy atom. The van der Waals surface area contributed by atoms with Crippen molar-refractivity contribution in [1.82, 2.24) is 5.32 Å². The predicted octanol–water partition coefficient (Wildman–Crippen LogP) is 2.00. The quantitative estimate of drug-likeness (QED) is 0.625. The molecule has 0 aliphatic rings. The van der Waals surface area contributed by atoms with Gasteiger partial charge in [-0.2, -0.15) is 0 Å². The Labute approximate surface area is 97.7 Å². The first kappa shape index (κ1) is 13.0. The second kappa shape index (κ2) is 5.35. The summed E-state index contributed by atoms with van der Waals surface area (Å²) < 4.78 is 0. The third-order valence-electron chi connectivity index (χ3n) is 2.18. The molecule has 0 atom stereocenters. The topological polar surface area (TPSA) is 98.3 Å². The zero-order valence-electron chi connectivity index (χ0n) is 9.54. The molecule has 0 fully saturated rings. The lowest BCUT2D eigenvalue weighted by Gasteiger charge is -2.08. The van der Waals surface area contributed by atoms with E-state index in [-0.39, 0.29) is 17.4 Å². The lowest BCUT2D eigenvalue weighted by atomic mass is 10.1. The van der Waals surface area contributed by atoms with Crippen molar-refractivity contribution in [1.29, 1.82) is 0 Å². The smallest absolute Gasteiger partial charge is 0.280 e. The van der Waals surface area contributed by atoms with Crippen molar-refractivity contribution in [3.8, 4) is 0 Å². The number of hydrogen-bond acceptors (Lipinski definition) is 5. The minimum Gasteiger partial charge on any atom is -0.310 e. The van der Waals surface area contributed by atoms with Gasteiger partial charge in [-0.3, -0.25) is 20.2 Å². The standard InChI is InChI=1S/C10H13N3O4/c1-7(2)11-6-8-3-4-9(12(14)15)5-10(8)13(16)17/h3-5,7,11H,6H2,1-2H3. The minimum atomic E-state index is -0.646. The molecule has 0 bridgehead atoms. The van der Waals surface area contributed by atoms with E-state index in [1.807, 2.05) is 13.8 Å². The fourth-order valence-electron chi connectivity index (χ4n) is 1.30. The summed E-state index contributed by atoms with van der Waals surface area (Å²) in [6.45, 7) is 4.14. The summed E-state index contributed by atoms with van der Waals surface area (Å²) in [4.78, 5) is 20.1. The molecule has 0 aliphatic carbocycles.